The minimum atomic E-state index is -0.822. The fourth-order valence-electron chi connectivity index (χ4n) is 2.19. The summed E-state index contributed by atoms with van der Waals surface area (Å²) in [7, 11) is 1.23. The molecule has 0 bridgehead atoms. The smallest absolute Gasteiger partial charge is 0.338 e. The first-order valence-corrected chi connectivity index (χ1v) is 8.63. The van der Waals surface area contributed by atoms with Crippen LogP contribution in [0.3, 0.4) is 0 Å². The van der Waals surface area contributed by atoms with Crippen LogP contribution in [0.2, 0.25) is 0 Å². The number of nitriles is 1. The van der Waals surface area contributed by atoms with Gasteiger partial charge in [-0.3, -0.25) is 9.59 Å². The Morgan fingerprint density at radius 1 is 1.14 bits per heavy atom. The van der Waals surface area contributed by atoms with E-state index >= 15 is 0 Å². The van der Waals surface area contributed by atoms with Crippen LogP contribution in [0.15, 0.2) is 24.3 Å². The van der Waals surface area contributed by atoms with Gasteiger partial charge in [-0.05, 0) is 30.2 Å². The van der Waals surface area contributed by atoms with Gasteiger partial charge < -0.3 is 20.1 Å². The quantitative estimate of drug-likeness (QED) is 0.610. The van der Waals surface area contributed by atoms with Crippen LogP contribution in [-0.4, -0.2) is 43.5 Å². The lowest BCUT2D eigenvalue weighted by Gasteiger charge is -2.21. The zero-order valence-electron chi connectivity index (χ0n) is 16.0. The molecule has 0 aromatic heterocycles. The molecule has 28 heavy (non-hydrogen) atoms. The van der Waals surface area contributed by atoms with Gasteiger partial charge >= 0.3 is 11.9 Å². The number of nitrogens with one attached hydrogen (secondary N) is 2. The third-order valence-electron chi connectivity index (χ3n) is 3.96. The molecule has 0 saturated carbocycles. The molecule has 9 heteroatoms. The minimum absolute atomic E-state index is 0.143. The van der Waals surface area contributed by atoms with Crippen molar-refractivity contribution in [2.24, 2.45) is 5.92 Å². The zero-order chi connectivity index (χ0) is 21.1. The molecule has 0 aliphatic carbocycles. The average Bonchev–Trinajstić information content (AvgIpc) is 2.69. The molecule has 0 unspecified atom stereocenters. The number of benzene rings is 1. The van der Waals surface area contributed by atoms with E-state index in [1.54, 1.807) is 13.0 Å². The van der Waals surface area contributed by atoms with Crippen LogP contribution in [0.25, 0.3) is 0 Å². The number of carbonyl (C=O) groups is 4. The summed E-state index contributed by atoms with van der Waals surface area (Å²) in [5.41, 5.74) is 0.599. The molecule has 0 radical (unpaired) electrons. The Balaban J connectivity index is 2.59. The topological polar surface area (TPSA) is 135 Å². The van der Waals surface area contributed by atoms with Crippen molar-refractivity contribution in [3.63, 3.8) is 0 Å². The molecule has 0 saturated heterocycles. The fourth-order valence-corrected chi connectivity index (χ4v) is 2.19. The molecule has 2 atom stereocenters. The number of nitrogens with zero attached hydrogens (tertiary/aromatic N) is 1. The van der Waals surface area contributed by atoms with E-state index in [4.69, 9.17) is 10.00 Å². The second-order valence-electron chi connectivity index (χ2n) is 5.99. The zero-order valence-corrected chi connectivity index (χ0v) is 16.0. The molecule has 0 aliphatic heterocycles. The average molecular weight is 389 g/mol. The maximum atomic E-state index is 12.0. The predicted molar refractivity (Wildman–Crippen MR) is 99.0 cm³/mol. The van der Waals surface area contributed by atoms with Gasteiger partial charge in [0, 0.05) is 5.69 Å². The molecule has 0 spiro atoms. The molecule has 0 heterocycles. The minimum Gasteiger partial charge on any atom is -0.467 e. The lowest BCUT2D eigenvalue weighted by atomic mass is 9.99. The van der Waals surface area contributed by atoms with Crippen molar-refractivity contribution >= 4 is 29.4 Å². The first-order valence-electron chi connectivity index (χ1n) is 8.63. The Morgan fingerprint density at radius 3 is 2.32 bits per heavy atom. The van der Waals surface area contributed by atoms with E-state index in [-0.39, 0.29) is 17.9 Å². The number of hydrogen-bond acceptors (Lipinski definition) is 7. The second-order valence-corrected chi connectivity index (χ2v) is 5.99. The molecule has 1 rings (SSSR count). The largest absolute Gasteiger partial charge is 0.467 e. The van der Waals surface area contributed by atoms with Crippen molar-refractivity contribution in [2.45, 2.75) is 32.7 Å². The third kappa shape index (κ3) is 7.07. The second kappa shape index (κ2) is 11.3. The number of amides is 2. The molecule has 0 fully saturated rings. The van der Waals surface area contributed by atoms with Crippen LogP contribution >= 0.6 is 0 Å². The van der Waals surface area contributed by atoms with Gasteiger partial charge in [-0.15, -0.1) is 0 Å². The highest BCUT2D eigenvalue weighted by Gasteiger charge is 2.27. The van der Waals surface area contributed by atoms with Crippen molar-refractivity contribution in [2.75, 3.05) is 19.0 Å². The van der Waals surface area contributed by atoms with Crippen LogP contribution in [-0.2, 0) is 23.9 Å². The van der Waals surface area contributed by atoms with Crippen molar-refractivity contribution < 1.29 is 28.7 Å². The van der Waals surface area contributed by atoms with Crippen molar-refractivity contribution in [3.05, 3.63) is 29.8 Å². The van der Waals surface area contributed by atoms with E-state index in [1.807, 2.05) is 6.92 Å². The Morgan fingerprint density at radius 2 is 1.79 bits per heavy atom. The van der Waals surface area contributed by atoms with E-state index in [1.165, 1.54) is 31.4 Å². The van der Waals surface area contributed by atoms with Crippen LogP contribution in [0.1, 0.15) is 37.0 Å². The van der Waals surface area contributed by atoms with E-state index in [0.717, 1.165) is 0 Å². The van der Waals surface area contributed by atoms with E-state index < -0.39 is 36.4 Å². The van der Waals surface area contributed by atoms with Gasteiger partial charge in [0.25, 0.3) is 5.91 Å². The van der Waals surface area contributed by atoms with Gasteiger partial charge in [0.15, 0.2) is 6.61 Å². The third-order valence-corrected chi connectivity index (χ3v) is 3.96. The van der Waals surface area contributed by atoms with Gasteiger partial charge in [0.1, 0.15) is 12.5 Å². The lowest BCUT2D eigenvalue weighted by Crippen LogP contribution is -2.47. The fraction of sp³-hybridized carbons (Fsp3) is 0.421. The van der Waals surface area contributed by atoms with Crippen molar-refractivity contribution in [1.29, 1.82) is 5.26 Å². The molecular weight excluding hydrogens is 366 g/mol. The highest BCUT2D eigenvalue weighted by atomic mass is 16.5. The summed E-state index contributed by atoms with van der Waals surface area (Å²) in [5, 5.41) is 13.4. The summed E-state index contributed by atoms with van der Waals surface area (Å²) in [5.74, 6) is -2.53. The lowest BCUT2D eigenvalue weighted by molar-refractivity contribution is -0.147. The monoisotopic (exact) mass is 389 g/mol. The summed E-state index contributed by atoms with van der Waals surface area (Å²) in [4.78, 5) is 47.1. The van der Waals surface area contributed by atoms with Gasteiger partial charge in [-0.2, -0.15) is 5.26 Å². The number of esters is 2. The highest BCUT2D eigenvalue weighted by molar-refractivity contribution is 5.94. The summed E-state index contributed by atoms with van der Waals surface area (Å²) >= 11 is 0. The SMILES string of the molecule is CC[C@H](C)[C@@H](NC(=O)COC(=O)c1ccc(NC(=O)CC#N)cc1)C(=O)OC. The molecule has 9 nitrogen and oxygen atoms in total. The Hall–Kier alpha value is -3.41. The Kier molecular flexibility index (Phi) is 9.16. The van der Waals surface area contributed by atoms with Gasteiger partial charge in [-0.25, -0.2) is 9.59 Å². The summed E-state index contributed by atoms with van der Waals surface area (Å²) in [6.45, 7) is 3.12. The van der Waals surface area contributed by atoms with Crippen LogP contribution < -0.4 is 10.6 Å². The van der Waals surface area contributed by atoms with Crippen LogP contribution in [0, 0.1) is 17.2 Å². The van der Waals surface area contributed by atoms with E-state index in [9.17, 15) is 19.2 Å². The molecule has 1 aromatic rings. The van der Waals surface area contributed by atoms with Crippen LogP contribution in [0.4, 0.5) is 5.69 Å². The molecular formula is C19H23N3O6. The van der Waals surface area contributed by atoms with Crippen LogP contribution in [0.5, 0.6) is 0 Å². The van der Waals surface area contributed by atoms with Gasteiger partial charge in [0.2, 0.25) is 5.91 Å². The number of ether oxygens (including phenoxy) is 2. The summed E-state index contributed by atoms with van der Waals surface area (Å²) in [6.07, 6.45) is 0.374. The molecule has 2 amide bonds. The Bertz CT molecular complexity index is 754. The van der Waals surface area contributed by atoms with E-state index in [0.29, 0.717) is 12.1 Å². The molecule has 150 valence electrons. The molecule has 2 N–H and O–H groups in total. The summed E-state index contributed by atoms with van der Waals surface area (Å²) in [6, 6.07) is 6.68. The van der Waals surface area contributed by atoms with Crippen molar-refractivity contribution in [1.82, 2.24) is 5.32 Å². The van der Waals surface area contributed by atoms with Gasteiger partial charge in [0.05, 0.1) is 18.7 Å². The number of carbonyl (C=O) groups excluding carboxylic acids is 4. The predicted octanol–water partition coefficient (Wildman–Crippen LogP) is 1.40. The van der Waals surface area contributed by atoms with E-state index in [2.05, 4.69) is 15.4 Å². The highest BCUT2D eigenvalue weighted by Crippen LogP contribution is 2.12. The molecule has 1 aromatic carbocycles. The summed E-state index contributed by atoms with van der Waals surface area (Å²) < 4.78 is 9.62. The maximum Gasteiger partial charge on any atom is 0.338 e. The molecule has 0 aliphatic rings. The number of anilines is 1. The number of hydrogen-bond donors (Lipinski definition) is 2. The maximum absolute atomic E-state index is 12.0. The Labute approximate surface area is 163 Å². The van der Waals surface area contributed by atoms with Gasteiger partial charge in [-0.1, -0.05) is 20.3 Å². The first kappa shape index (κ1) is 22.6. The first-order chi connectivity index (χ1) is 13.3. The standard InChI is InChI=1S/C19H23N3O6/c1-4-12(2)17(19(26)27-3)22-16(24)11-28-18(25)13-5-7-14(8-6-13)21-15(23)9-10-20/h5-8,12,17H,4,9,11H2,1-3H3,(H,21,23)(H,22,24)/t12-,17+/m0/s1. The van der Waals surface area contributed by atoms with Crippen molar-refractivity contribution in [3.8, 4) is 6.07 Å². The number of methoxy groups -OCH3 is 1. The number of rotatable bonds is 9. The normalized spacial score (nSPS) is 12.1.